The molecule has 0 unspecified atom stereocenters. The third-order valence-electron chi connectivity index (χ3n) is 3.22. The molecule has 0 N–H and O–H groups in total. The van der Waals surface area contributed by atoms with Crippen molar-refractivity contribution in [1.82, 2.24) is 15.0 Å². The summed E-state index contributed by atoms with van der Waals surface area (Å²) in [5.74, 6) is -0.440. The van der Waals surface area contributed by atoms with Crippen molar-refractivity contribution in [2.75, 3.05) is 7.11 Å². The van der Waals surface area contributed by atoms with Crippen LogP contribution in [0.3, 0.4) is 0 Å². The summed E-state index contributed by atoms with van der Waals surface area (Å²) >= 11 is 6.83. The number of methoxy groups -OCH3 is 1. The second-order valence-electron chi connectivity index (χ2n) is 4.84. The molecule has 3 heterocycles. The maximum Gasteiger partial charge on any atom is 0.338 e. The van der Waals surface area contributed by atoms with Gasteiger partial charge in [0, 0.05) is 21.3 Å². The van der Waals surface area contributed by atoms with E-state index in [4.69, 9.17) is 4.74 Å². The molecule has 7 heteroatoms. The monoisotopic (exact) mass is 447 g/mol. The summed E-state index contributed by atoms with van der Waals surface area (Å²) in [6.45, 7) is 0. The summed E-state index contributed by atoms with van der Waals surface area (Å²) in [5, 5.41) is 0. The number of ether oxygens (including phenoxy) is 1. The van der Waals surface area contributed by atoms with Crippen molar-refractivity contribution in [3.63, 3.8) is 0 Å². The molecule has 0 atom stereocenters. The molecule has 120 valence electrons. The minimum atomic E-state index is -0.440. The van der Waals surface area contributed by atoms with Crippen LogP contribution in [0.4, 0.5) is 0 Å². The predicted molar refractivity (Wildman–Crippen MR) is 97.4 cm³/mol. The molecule has 0 aromatic carbocycles. The summed E-state index contributed by atoms with van der Waals surface area (Å²) in [5.41, 5.74) is 2.81. The van der Waals surface area contributed by atoms with Crippen molar-refractivity contribution in [2.24, 2.45) is 0 Å². The number of nitrogens with zero attached hydrogens (tertiary/aromatic N) is 3. The van der Waals surface area contributed by atoms with Crippen LogP contribution in [0.5, 0.6) is 0 Å². The van der Waals surface area contributed by atoms with Gasteiger partial charge in [0.1, 0.15) is 0 Å². The molecule has 3 rings (SSSR count). The Balaban J connectivity index is 2.19. The number of hydrogen-bond acceptors (Lipinski definition) is 5. The van der Waals surface area contributed by atoms with Gasteiger partial charge in [-0.2, -0.15) is 0 Å². The molecule has 0 spiro atoms. The molecule has 0 amide bonds. The van der Waals surface area contributed by atoms with Crippen molar-refractivity contribution < 1.29 is 9.53 Å². The van der Waals surface area contributed by atoms with Gasteiger partial charge in [-0.1, -0.05) is 31.9 Å². The summed E-state index contributed by atoms with van der Waals surface area (Å²) in [6.07, 6.45) is 3.34. The Bertz CT molecular complexity index is 852. The number of carbonyl (C=O) groups is 1. The van der Waals surface area contributed by atoms with Crippen molar-refractivity contribution >= 4 is 37.8 Å². The highest BCUT2D eigenvalue weighted by molar-refractivity contribution is 9.10. The fourth-order valence-electron chi connectivity index (χ4n) is 2.12. The van der Waals surface area contributed by atoms with Gasteiger partial charge in [-0.3, -0.25) is 9.97 Å². The molecule has 0 aliphatic heterocycles. The van der Waals surface area contributed by atoms with Gasteiger partial charge in [0.2, 0.25) is 0 Å². The van der Waals surface area contributed by atoms with Crippen LogP contribution in [0.1, 0.15) is 10.4 Å². The van der Waals surface area contributed by atoms with E-state index >= 15 is 0 Å². The number of carbonyl (C=O) groups excluding carboxylic acids is 1. The minimum Gasteiger partial charge on any atom is -0.465 e. The SMILES string of the molecule is COC(=O)c1cc(-c2cc(Br)ccn2)nc(-c2cc(Br)ccn2)c1. The lowest BCUT2D eigenvalue weighted by Gasteiger charge is -2.08. The number of pyridine rings is 3. The topological polar surface area (TPSA) is 65.0 Å². The van der Waals surface area contributed by atoms with E-state index in [0.29, 0.717) is 28.3 Å². The molecule has 0 saturated carbocycles. The molecule has 3 aromatic heterocycles. The smallest absolute Gasteiger partial charge is 0.338 e. The first-order valence-electron chi connectivity index (χ1n) is 6.91. The van der Waals surface area contributed by atoms with E-state index in [0.717, 1.165) is 8.95 Å². The molecule has 0 saturated heterocycles. The standard InChI is InChI=1S/C17H11Br2N3O2/c1-24-17(23)10-6-15(13-8-11(18)2-4-20-13)22-16(7-10)14-9-12(19)3-5-21-14/h2-9H,1H3. The molecular formula is C17H11Br2N3O2. The Morgan fingerprint density at radius 3 is 1.79 bits per heavy atom. The fourth-order valence-corrected chi connectivity index (χ4v) is 2.79. The lowest BCUT2D eigenvalue weighted by Crippen LogP contribution is -2.04. The van der Waals surface area contributed by atoms with Crippen molar-refractivity contribution in [3.8, 4) is 22.8 Å². The first-order valence-corrected chi connectivity index (χ1v) is 8.49. The van der Waals surface area contributed by atoms with E-state index in [9.17, 15) is 4.79 Å². The Kier molecular flexibility index (Phi) is 5.01. The summed E-state index contributed by atoms with van der Waals surface area (Å²) in [7, 11) is 1.34. The third-order valence-corrected chi connectivity index (χ3v) is 4.20. The van der Waals surface area contributed by atoms with Crippen molar-refractivity contribution in [2.45, 2.75) is 0 Å². The summed E-state index contributed by atoms with van der Waals surface area (Å²) in [4.78, 5) is 25.2. The third kappa shape index (κ3) is 3.68. The molecule has 0 bridgehead atoms. The number of halogens is 2. The second kappa shape index (κ2) is 7.19. The summed E-state index contributed by atoms with van der Waals surface area (Å²) < 4.78 is 6.59. The number of hydrogen-bond donors (Lipinski definition) is 0. The Morgan fingerprint density at radius 1 is 0.875 bits per heavy atom. The molecule has 24 heavy (non-hydrogen) atoms. The normalized spacial score (nSPS) is 10.5. The molecular weight excluding hydrogens is 438 g/mol. The van der Waals surface area contributed by atoms with Crippen molar-refractivity contribution in [3.05, 3.63) is 63.3 Å². The first-order chi connectivity index (χ1) is 11.6. The van der Waals surface area contributed by atoms with Crippen LogP contribution in [0.25, 0.3) is 22.8 Å². The van der Waals surface area contributed by atoms with Gasteiger partial charge in [0.15, 0.2) is 0 Å². The zero-order valence-electron chi connectivity index (χ0n) is 12.5. The molecule has 0 fully saturated rings. The lowest BCUT2D eigenvalue weighted by atomic mass is 10.1. The number of rotatable bonds is 3. The molecule has 5 nitrogen and oxygen atoms in total. The van der Waals surface area contributed by atoms with E-state index < -0.39 is 5.97 Å². The fraction of sp³-hybridized carbons (Fsp3) is 0.0588. The minimum absolute atomic E-state index is 0.390. The average Bonchev–Trinajstić information content (AvgIpc) is 2.60. The van der Waals surface area contributed by atoms with Gasteiger partial charge < -0.3 is 4.74 Å². The molecule has 0 radical (unpaired) electrons. The largest absolute Gasteiger partial charge is 0.465 e. The predicted octanol–water partition coefficient (Wildman–Crippen LogP) is 4.52. The van der Waals surface area contributed by atoms with Gasteiger partial charge in [0.05, 0.1) is 35.4 Å². The maximum atomic E-state index is 12.0. The first kappa shape index (κ1) is 16.7. The van der Waals surface area contributed by atoms with Crippen LogP contribution < -0.4 is 0 Å². The van der Waals surface area contributed by atoms with Crippen LogP contribution in [0.2, 0.25) is 0 Å². The van der Waals surface area contributed by atoms with E-state index in [-0.39, 0.29) is 0 Å². The highest BCUT2D eigenvalue weighted by atomic mass is 79.9. The highest BCUT2D eigenvalue weighted by Crippen LogP contribution is 2.26. The zero-order chi connectivity index (χ0) is 17.1. The Morgan fingerprint density at radius 2 is 1.38 bits per heavy atom. The van der Waals surface area contributed by atoms with Gasteiger partial charge >= 0.3 is 5.97 Å². The van der Waals surface area contributed by atoms with Crippen LogP contribution in [-0.4, -0.2) is 28.0 Å². The van der Waals surface area contributed by atoms with Crippen LogP contribution >= 0.6 is 31.9 Å². The quantitative estimate of drug-likeness (QED) is 0.551. The van der Waals surface area contributed by atoms with Crippen LogP contribution in [-0.2, 0) is 4.74 Å². The summed E-state index contributed by atoms with van der Waals surface area (Å²) in [6, 6.07) is 10.6. The zero-order valence-corrected chi connectivity index (χ0v) is 15.7. The second-order valence-corrected chi connectivity index (χ2v) is 6.67. The lowest BCUT2D eigenvalue weighted by molar-refractivity contribution is 0.0600. The Labute approximate surface area is 155 Å². The van der Waals surface area contributed by atoms with E-state index in [1.165, 1.54) is 7.11 Å². The Hall–Kier alpha value is -2.12. The van der Waals surface area contributed by atoms with E-state index in [1.54, 1.807) is 24.5 Å². The molecule has 0 aliphatic carbocycles. The van der Waals surface area contributed by atoms with Gasteiger partial charge in [0.25, 0.3) is 0 Å². The number of aromatic nitrogens is 3. The van der Waals surface area contributed by atoms with E-state index in [1.807, 2.05) is 24.3 Å². The van der Waals surface area contributed by atoms with Crippen LogP contribution in [0, 0.1) is 0 Å². The van der Waals surface area contributed by atoms with Crippen molar-refractivity contribution in [1.29, 1.82) is 0 Å². The molecule has 3 aromatic rings. The van der Waals surface area contributed by atoms with Gasteiger partial charge in [-0.05, 0) is 36.4 Å². The van der Waals surface area contributed by atoms with Crippen LogP contribution in [0.15, 0.2) is 57.7 Å². The maximum absolute atomic E-state index is 12.0. The van der Waals surface area contributed by atoms with E-state index in [2.05, 4.69) is 46.8 Å². The average molecular weight is 449 g/mol. The molecule has 0 aliphatic rings. The van der Waals surface area contributed by atoms with Gasteiger partial charge in [-0.25, -0.2) is 9.78 Å². The number of esters is 1. The van der Waals surface area contributed by atoms with Gasteiger partial charge in [-0.15, -0.1) is 0 Å². The highest BCUT2D eigenvalue weighted by Gasteiger charge is 2.14.